The lowest BCUT2D eigenvalue weighted by Gasteiger charge is -2.16. The van der Waals surface area contributed by atoms with Crippen LogP contribution in [0.2, 0.25) is 0 Å². The number of hydrogen-bond donors (Lipinski definition) is 1. The third-order valence-electron chi connectivity index (χ3n) is 2.16. The fourth-order valence-corrected chi connectivity index (χ4v) is 1.66. The van der Waals surface area contributed by atoms with Gasteiger partial charge in [-0.05, 0) is 23.7 Å². The number of azide groups is 1. The second kappa shape index (κ2) is 4.32. The van der Waals surface area contributed by atoms with Crippen LogP contribution in [0.3, 0.4) is 0 Å². The van der Waals surface area contributed by atoms with E-state index < -0.39 is 11.8 Å². The highest BCUT2D eigenvalue weighted by Crippen LogP contribution is 2.32. The molecule has 1 heterocycles. The lowest BCUT2D eigenvalue weighted by molar-refractivity contribution is -0.119. The zero-order chi connectivity index (χ0) is 12.4. The molecule has 0 bridgehead atoms. The van der Waals surface area contributed by atoms with Crippen LogP contribution in [-0.2, 0) is 9.59 Å². The van der Waals surface area contributed by atoms with E-state index in [1.165, 1.54) is 12.1 Å². The molecule has 6 nitrogen and oxygen atoms in total. The molecule has 7 heteroatoms. The summed E-state index contributed by atoms with van der Waals surface area (Å²) in [4.78, 5) is 27.1. The number of carbonyl (C=O) groups is 2. The van der Waals surface area contributed by atoms with Gasteiger partial charge in [-0.15, -0.1) is 12.6 Å². The first kappa shape index (κ1) is 11.3. The summed E-state index contributed by atoms with van der Waals surface area (Å²) in [6, 6.07) is 4.60. The van der Waals surface area contributed by atoms with Crippen molar-refractivity contribution < 1.29 is 9.59 Å². The molecule has 2 amide bonds. The fourth-order valence-electron chi connectivity index (χ4n) is 1.47. The number of imide groups is 1. The van der Waals surface area contributed by atoms with E-state index in [-0.39, 0.29) is 11.4 Å². The zero-order valence-corrected chi connectivity index (χ0v) is 9.33. The average Bonchev–Trinajstić information content (AvgIpc) is 2.61. The summed E-state index contributed by atoms with van der Waals surface area (Å²) >= 11 is 4.09. The molecule has 17 heavy (non-hydrogen) atoms. The molecule has 0 N–H and O–H groups in total. The van der Waals surface area contributed by atoms with E-state index in [0.717, 1.165) is 17.1 Å². The van der Waals surface area contributed by atoms with Crippen LogP contribution in [0.1, 0.15) is 0 Å². The Kier molecular flexibility index (Phi) is 2.86. The molecule has 1 aliphatic heterocycles. The van der Waals surface area contributed by atoms with Crippen molar-refractivity contribution >= 4 is 35.8 Å². The summed E-state index contributed by atoms with van der Waals surface area (Å²) in [6.07, 6.45) is 2.33. The van der Waals surface area contributed by atoms with Crippen molar-refractivity contribution in [1.82, 2.24) is 0 Å². The molecule has 0 unspecified atom stereocenters. The minimum atomic E-state index is -0.462. The van der Waals surface area contributed by atoms with Crippen molar-refractivity contribution in [3.8, 4) is 0 Å². The van der Waals surface area contributed by atoms with E-state index in [1.54, 1.807) is 6.07 Å². The summed E-state index contributed by atoms with van der Waals surface area (Å²) in [5.74, 6) is -0.924. The smallest absolute Gasteiger partial charge is 0.258 e. The number of carbonyl (C=O) groups excluding carboxylic acids is 2. The van der Waals surface area contributed by atoms with Gasteiger partial charge < -0.3 is 0 Å². The van der Waals surface area contributed by atoms with Gasteiger partial charge in [-0.3, -0.25) is 9.59 Å². The molecule has 1 aromatic rings. The Morgan fingerprint density at radius 3 is 2.47 bits per heavy atom. The molecule has 0 aromatic heterocycles. The molecule has 2 rings (SSSR count). The molecule has 1 aliphatic rings. The lowest BCUT2D eigenvalue weighted by atomic mass is 10.2. The Morgan fingerprint density at radius 1 is 1.24 bits per heavy atom. The Hall–Kier alpha value is -2.24. The Morgan fingerprint density at radius 2 is 1.88 bits per heavy atom. The highest BCUT2D eigenvalue weighted by atomic mass is 32.1. The highest BCUT2D eigenvalue weighted by molar-refractivity contribution is 7.80. The van der Waals surface area contributed by atoms with Crippen molar-refractivity contribution in [3.05, 3.63) is 40.8 Å². The standard InChI is InChI=1S/C10H6N4O2S/c11-13-12-7-5-6(17)1-2-8(7)14-9(15)3-4-10(14)16/h1-5,17H. The maximum Gasteiger partial charge on any atom is 0.258 e. The SMILES string of the molecule is [N-]=[N+]=Nc1cc(S)ccc1N1C(=O)C=CC1=O. The molecule has 0 atom stereocenters. The maximum atomic E-state index is 11.5. The van der Waals surface area contributed by atoms with E-state index in [4.69, 9.17) is 5.53 Å². The Labute approximate surface area is 102 Å². The van der Waals surface area contributed by atoms with Gasteiger partial charge in [0.05, 0.1) is 11.4 Å². The highest BCUT2D eigenvalue weighted by Gasteiger charge is 2.26. The van der Waals surface area contributed by atoms with Crippen molar-refractivity contribution in [2.24, 2.45) is 5.11 Å². The van der Waals surface area contributed by atoms with Gasteiger partial charge in [-0.25, -0.2) is 4.90 Å². The van der Waals surface area contributed by atoms with Gasteiger partial charge in [0.25, 0.3) is 11.8 Å². The van der Waals surface area contributed by atoms with Gasteiger partial charge in [0.15, 0.2) is 0 Å². The molecule has 0 aliphatic carbocycles. The number of anilines is 1. The lowest BCUT2D eigenvalue weighted by Crippen LogP contribution is -2.29. The van der Waals surface area contributed by atoms with E-state index in [9.17, 15) is 9.59 Å². The van der Waals surface area contributed by atoms with Crippen LogP contribution in [-0.4, -0.2) is 11.8 Å². The van der Waals surface area contributed by atoms with Crippen LogP contribution < -0.4 is 4.90 Å². The quantitative estimate of drug-likeness (QED) is 0.285. The molecule has 1 aromatic carbocycles. The summed E-state index contributed by atoms with van der Waals surface area (Å²) in [7, 11) is 0. The number of amides is 2. The molecule has 0 saturated carbocycles. The monoisotopic (exact) mass is 246 g/mol. The first-order chi connectivity index (χ1) is 8.13. The molecular formula is C10H6N4O2S. The van der Waals surface area contributed by atoms with Crippen LogP contribution in [0.25, 0.3) is 10.4 Å². The minimum Gasteiger partial charge on any atom is -0.269 e. The minimum absolute atomic E-state index is 0.186. The first-order valence-electron chi connectivity index (χ1n) is 4.57. The largest absolute Gasteiger partial charge is 0.269 e. The van der Waals surface area contributed by atoms with Gasteiger partial charge in [0, 0.05) is 22.0 Å². The molecule has 0 spiro atoms. The summed E-state index contributed by atoms with van der Waals surface area (Å²) < 4.78 is 0. The van der Waals surface area contributed by atoms with E-state index in [0.29, 0.717) is 4.90 Å². The summed E-state index contributed by atoms with van der Waals surface area (Å²) in [5, 5.41) is 3.44. The van der Waals surface area contributed by atoms with Gasteiger partial charge in [-0.2, -0.15) is 0 Å². The van der Waals surface area contributed by atoms with Crippen molar-refractivity contribution in [2.45, 2.75) is 4.90 Å². The topological polar surface area (TPSA) is 86.1 Å². The Bertz CT molecular complexity index is 572. The second-order valence-corrected chi connectivity index (χ2v) is 3.72. The van der Waals surface area contributed by atoms with Crippen LogP contribution in [0, 0.1) is 0 Å². The average molecular weight is 246 g/mol. The first-order valence-corrected chi connectivity index (χ1v) is 5.02. The van der Waals surface area contributed by atoms with E-state index in [2.05, 4.69) is 22.7 Å². The van der Waals surface area contributed by atoms with Gasteiger partial charge in [0.1, 0.15) is 0 Å². The van der Waals surface area contributed by atoms with Gasteiger partial charge in [0.2, 0.25) is 0 Å². The summed E-state index contributed by atoms with van der Waals surface area (Å²) in [6.45, 7) is 0. The van der Waals surface area contributed by atoms with Crippen molar-refractivity contribution in [1.29, 1.82) is 0 Å². The number of thiol groups is 1. The molecular weight excluding hydrogens is 240 g/mol. The van der Waals surface area contributed by atoms with Crippen LogP contribution in [0.15, 0.2) is 40.4 Å². The van der Waals surface area contributed by atoms with Crippen LogP contribution >= 0.6 is 12.6 Å². The summed E-state index contributed by atoms with van der Waals surface area (Å²) in [5.41, 5.74) is 8.88. The number of hydrogen-bond acceptors (Lipinski definition) is 4. The molecule has 0 saturated heterocycles. The number of nitrogens with zero attached hydrogens (tertiary/aromatic N) is 4. The van der Waals surface area contributed by atoms with Gasteiger partial charge >= 0.3 is 0 Å². The number of benzene rings is 1. The second-order valence-electron chi connectivity index (χ2n) is 3.21. The fraction of sp³-hybridized carbons (Fsp3) is 0. The van der Waals surface area contributed by atoms with Crippen LogP contribution in [0.5, 0.6) is 0 Å². The van der Waals surface area contributed by atoms with Crippen molar-refractivity contribution in [3.63, 3.8) is 0 Å². The maximum absolute atomic E-state index is 11.5. The van der Waals surface area contributed by atoms with E-state index >= 15 is 0 Å². The van der Waals surface area contributed by atoms with Crippen molar-refractivity contribution in [2.75, 3.05) is 4.90 Å². The number of rotatable bonds is 2. The molecule has 84 valence electrons. The normalized spacial score (nSPS) is 14.1. The van der Waals surface area contributed by atoms with Gasteiger partial charge in [-0.1, -0.05) is 5.11 Å². The predicted molar refractivity (Wildman–Crippen MR) is 64.1 cm³/mol. The third-order valence-corrected chi connectivity index (χ3v) is 2.44. The zero-order valence-electron chi connectivity index (χ0n) is 8.44. The Balaban J connectivity index is 2.55. The predicted octanol–water partition coefficient (Wildman–Crippen LogP) is 2.35. The third kappa shape index (κ3) is 2.01. The van der Waals surface area contributed by atoms with Crippen LogP contribution in [0.4, 0.5) is 11.4 Å². The van der Waals surface area contributed by atoms with E-state index in [1.807, 2.05) is 0 Å². The molecule has 0 fully saturated rings. The molecule has 0 radical (unpaired) electrons.